The first kappa shape index (κ1) is 26.6. The van der Waals surface area contributed by atoms with E-state index in [2.05, 4.69) is 10.6 Å². The van der Waals surface area contributed by atoms with Crippen LogP contribution in [0.5, 0.6) is 0 Å². The second-order valence-electron chi connectivity index (χ2n) is 9.70. The molecule has 0 spiro atoms. The van der Waals surface area contributed by atoms with Gasteiger partial charge in [0.05, 0.1) is 23.1 Å². The number of rotatable bonds is 10. The average Bonchev–Trinajstić information content (AvgIpc) is 3.69. The Morgan fingerprint density at radius 2 is 1.74 bits per heavy atom. The fourth-order valence-corrected chi connectivity index (χ4v) is 5.66. The summed E-state index contributed by atoms with van der Waals surface area (Å²) in [5.74, 6) is -0.386. The number of aromatic nitrogens is 2. The molecule has 5 rings (SSSR count). The summed E-state index contributed by atoms with van der Waals surface area (Å²) in [5.41, 5.74) is 10.2. The van der Waals surface area contributed by atoms with E-state index >= 15 is 0 Å². The number of amides is 1. The molecule has 204 valence electrons. The van der Waals surface area contributed by atoms with E-state index in [4.69, 9.17) is 10.8 Å². The van der Waals surface area contributed by atoms with E-state index < -0.39 is 10.0 Å². The largest absolute Gasteiger partial charge is 0.356 e. The van der Waals surface area contributed by atoms with Crippen molar-refractivity contribution in [1.82, 2.24) is 15.1 Å². The molecule has 4 aromatic rings. The fraction of sp³-hybridized carbons (Fsp3) is 0.286. The number of nitrogens with two attached hydrogens (primary N) is 1. The van der Waals surface area contributed by atoms with Crippen LogP contribution in [0, 0.1) is 5.82 Å². The number of hydrogen-bond donors (Lipinski definition) is 3. The van der Waals surface area contributed by atoms with Crippen molar-refractivity contribution in [3.8, 4) is 5.69 Å². The van der Waals surface area contributed by atoms with E-state index in [9.17, 15) is 17.6 Å². The molecule has 4 N–H and O–H groups in total. The molecule has 0 unspecified atom stereocenters. The second-order valence-corrected chi connectivity index (χ2v) is 11.6. The van der Waals surface area contributed by atoms with E-state index in [1.54, 1.807) is 29.9 Å². The van der Waals surface area contributed by atoms with Crippen molar-refractivity contribution >= 4 is 43.9 Å². The normalized spacial score (nSPS) is 13.4. The number of anilines is 3. The molecular formula is C28H31FN6O3S. The molecule has 1 aromatic heterocycles. The Kier molecular flexibility index (Phi) is 7.28. The number of carbonyl (C=O) groups is 1. The fourth-order valence-electron chi connectivity index (χ4n) is 4.68. The monoisotopic (exact) mass is 550 g/mol. The Morgan fingerprint density at radius 3 is 2.31 bits per heavy atom. The highest BCUT2D eigenvalue weighted by Gasteiger charge is 2.32. The highest BCUT2D eigenvalue weighted by atomic mass is 32.2. The van der Waals surface area contributed by atoms with Gasteiger partial charge in [-0.2, -0.15) is 5.10 Å². The molecule has 1 amide bonds. The first-order valence-electron chi connectivity index (χ1n) is 12.8. The molecule has 1 fully saturated rings. The molecule has 1 aliphatic rings. The number of sulfonamides is 1. The Morgan fingerprint density at radius 1 is 1.10 bits per heavy atom. The van der Waals surface area contributed by atoms with Gasteiger partial charge in [-0.15, -0.1) is 0 Å². The minimum absolute atomic E-state index is 0.226. The van der Waals surface area contributed by atoms with Crippen LogP contribution in [0.4, 0.5) is 21.5 Å². The van der Waals surface area contributed by atoms with Gasteiger partial charge in [-0.3, -0.25) is 9.10 Å². The molecule has 11 heteroatoms. The van der Waals surface area contributed by atoms with Crippen molar-refractivity contribution in [3.63, 3.8) is 0 Å². The van der Waals surface area contributed by atoms with Crippen molar-refractivity contribution in [2.75, 3.05) is 36.0 Å². The Hall–Kier alpha value is -3.96. The summed E-state index contributed by atoms with van der Waals surface area (Å²) in [6, 6.07) is 17.1. The second kappa shape index (κ2) is 10.7. The highest BCUT2D eigenvalue weighted by molar-refractivity contribution is 7.92. The molecule has 9 nitrogen and oxygen atoms in total. The summed E-state index contributed by atoms with van der Waals surface area (Å²) in [4.78, 5) is 13.1. The third kappa shape index (κ3) is 5.59. The van der Waals surface area contributed by atoms with Gasteiger partial charge in [-0.1, -0.05) is 0 Å². The van der Waals surface area contributed by atoms with Crippen LogP contribution in [0.15, 0.2) is 60.7 Å². The lowest BCUT2D eigenvalue weighted by Crippen LogP contribution is -2.32. The Bertz CT molecular complexity index is 1610. The van der Waals surface area contributed by atoms with Gasteiger partial charge in [-0.25, -0.2) is 17.5 Å². The van der Waals surface area contributed by atoms with Crippen LogP contribution in [-0.4, -0.2) is 50.5 Å². The first-order chi connectivity index (χ1) is 18.7. The number of nitrogens with one attached hydrogen (secondary N) is 2. The molecule has 0 bridgehead atoms. The topological polar surface area (TPSA) is 122 Å². The Labute approximate surface area is 226 Å². The van der Waals surface area contributed by atoms with Crippen LogP contribution in [0.2, 0.25) is 0 Å². The molecule has 1 heterocycles. The standard InChI is InChI=1S/C28H31FN6O3S/c1-31-28(36)27-24-16-23(18-4-5-18)26(34(15-3-14-30)39(2,37)38)17-25(24)33-35(27)22-12-10-21(11-13-22)32-20-8-6-19(29)7-9-20/h6-13,16-18,32H,3-5,14-15,30H2,1-2H3,(H,31,36). The van der Waals surface area contributed by atoms with Gasteiger partial charge in [0.25, 0.3) is 5.91 Å². The summed E-state index contributed by atoms with van der Waals surface area (Å²) in [6.07, 6.45) is 3.63. The average molecular weight is 551 g/mol. The van der Waals surface area contributed by atoms with Gasteiger partial charge in [0.1, 0.15) is 11.5 Å². The van der Waals surface area contributed by atoms with E-state index in [1.807, 2.05) is 30.3 Å². The molecule has 0 atom stereocenters. The first-order valence-corrected chi connectivity index (χ1v) is 14.6. The summed E-state index contributed by atoms with van der Waals surface area (Å²) in [5, 5.41) is 11.3. The predicted molar refractivity (Wildman–Crippen MR) is 152 cm³/mol. The lowest BCUT2D eigenvalue weighted by molar-refractivity contribution is 0.0957. The molecular weight excluding hydrogens is 519 g/mol. The number of benzene rings is 3. The van der Waals surface area contributed by atoms with E-state index in [-0.39, 0.29) is 24.2 Å². The number of nitrogens with zero attached hydrogens (tertiary/aromatic N) is 3. The lowest BCUT2D eigenvalue weighted by Gasteiger charge is -2.25. The summed E-state index contributed by atoms with van der Waals surface area (Å²) in [6.45, 7) is 0.639. The number of carbonyl (C=O) groups excluding carboxylic acids is 1. The minimum atomic E-state index is -3.56. The van der Waals surface area contributed by atoms with Crippen LogP contribution in [0.3, 0.4) is 0 Å². The van der Waals surface area contributed by atoms with E-state index in [0.717, 1.165) is 29.8 Å². The molecule has 3 aromatic carbocycles. The minimum Gasteiger partial charge on any atom is -0.356 e. The van der Waals surface area contributed by atoms with Crippen molar-refractivity contribution in [2.45, 2.75) is 25.2 Å². The van der Waals surface area contributed by atoms with Gasteiger partial charge in [0.2, 0.25) is 10.0 Å². The zero-order chi connectivity index (χ0) is 27.7. The van der Waals surface area contributed by atoms with E-state index in [1.165, 1.54) is 22.7 Å². The van der Waals surface area contributed by atoms with Crippen molar-refractivity contribution in [2.24, 2.45) is 5.73 Å². The predicted octanol–water partition coefficient (Wildman–Crippen LogP) is 4.26. The van der Waals surface area contributed by atoms with Gasteiger partial charge in [0.15, 0.2) is 0 Å². The maximum Gasteiger partial charge on any atom is 0.270 e. The smallest absolute Gasteiger partial charge is 0.270 e. The zero-order valence-corrected chi connectivity index (χ0v) is 22.6. The van der Waals surface area contributed by atoms with Crippen LogP contribution in [0.1, 0.15) is 41.2 Å². The van der Waals surface area contributed by atoms with Crippen molar-refractivity contribution in [3.05, 3.63) is 77.7 Å². The molecule has 39 heavy (non-hydrogen) atoms. The number of fused-ring (bicyclic) bond motifs is 1. The summed E-state index contributed by atoms with van der Waals surface area (Å²) >= 11 is 0. The number of halogens is 1. The summed E-state index contributed by atoms with van der Waals surface area (Å²) < 4.78 is 41.8. The maximum atomic E-state index is 13.2. The van der Waals surface area contributed by atoms with Crippen LogP contribution < -0.4 is 20.7 Å². The van der Waals surface area contributed by atoms with Gasteiger partial charge < -0.3 is 16.4 Å². The van der Waals surface area contributed by atoms with Gasteiger partial charge in [-0.05, 0) is 98.0 Å². The third-order valence-electron chi connectivity index (χ3n) is 6.76. The third-order valence-corrected chi connectivity index (χ3v) is 7.94. The highest BCUT2D eigenvalue weighted by Crippen LogP contribution is 2.46. The van der Waals surface area contributed by atoms with E-state index in [0.29, 0.717) is 40.9 Å². The SMILES string of the molecule is CNC(=O)c1c2cc(C3CC3)c(N(CCCN)S(C)(=O)=O)cc2nn1-c1ccc(Nc2ccc(F)cc2)cc1. The molecule has 1 saturated carbocycles. The molecule has 0 saturated heterocycles. The zero-order valence-electron chi connectivity index (χ0n) is 21.8. The molecule has 1 aliphatic carbocycles. The number of hydrogen-bond acceptors (Lipinski definition) is 6. The molecule has 0 radical (unpaired) electrons. The van der Waals surface area contributed by atoms with Crippen LogP contribution >= 0.6 is 0 Å². The molecule has 0 aliphatic heterocycles. The van der Waals surface area contributed by atoms with Crippen molar-refractivity contribution < 1.29 is 17.6 Å². The Balaban J connectivity index is 1.60. The summed E-state index contributed by atoms with van der Waals surface area (Å²) in [7, 11) is -2.00. The quantitative estimate of drug-likeness (QED) is 0.271. The lowest BCUT2D eigenvalue weighted by atomic mass is 10.0. The van der Waals surface area contributed by atoms with Crippen molar-refractivity contribution in [1.29, 1.82) is 0 Å². The van der Waals surface area contributed by atoms with Gasteiger partial charge in [0, 0.05) is 30.4 Å². The van der Waals surface area contributed by atoms with Crippen LogP contribution in [-0.2, 0) is 10.0 Å². The van der Waals surface area contributed by atoms with Crippen LogP contribution in [0.25, 0.3) is 16.6 Å². The van der Waals surface area contributed by atoms with Gasteiger partial charge >= 0.3 is 0 Å². The maximum absolute atomic E-state index is 13.2.